The van der Waals surface area contributed by atoms with E-state index < -0.39 is 10.8 Å². The molecule has 2 aliphatic heterocycles. The van der Waals surface area contributed by atoms with Crippen LogP contribution < -0.4 is 4.74 Å². The van der Waals surface area contributed by atoms with Gasteiger partial charge in [-0.3, -0.25) is 4.21 Å². The van der Waals surface area contributed by atoms with E-state index in [0.29, 0.717) is 17.3 Å². The maximum absolute atomic E-state index is 13.2. The van der Waals surface area contributed by atoms with E-state index in [1.165, 1.54) is 12.1 Å². The van der Waals surface area contributed by atoms with Crippen LogP contribution in [-0.4, -0.2) is 56.6 Å². The minimum Gasteiger partial charge on any atom is -0.495 e. The fraction of sp³-hybridized carbons (Fsp3) is 0.308. The van der Waals surface area contributed by atoms with Gasteiger partial charge in [0.25, 0.3) is 0 Å². The molecular weight excluding hydrogens is 467 g/mol. The first-order valence-electron chi connectivity index (χ1n) is 11.5. The zero-order valence-electron chi connectivity index (χ0n) is 19.7. The fourth-order valence-corrected chi connectivity index (χ4v) is 5.72. The van der Waals surface area contributed by atoms with Gasteiger partial charge in [-0.2, -0.15) is 0 Å². The smallest absolute Gasteiger partial charge is 0.171 e. The van der Waals surface area contributed by atoms with E-state index in [9.17, 15) is 8.60 Å². The molecule has 5 rings (SSSR count). The summed E-state index contributed by atoms with van der Waals surface area (Å²) in [6, 6.07) is 11.8. The average molecular weight is 495 g/mol. The number of halogens is 1. The van der Waals surface area contributed by atoms with Gasteiger partial charge < -0.3 is 19.0 Å². The van der Waals surface area contributed by atoms with Gasteiger partial charge in [-0.25, -0.2) is 9.37 Å². The van der Waals surface area contributed by atoms with Crippen LogP contribution >= 0.6 is 0 Å². The van der Waals surface area contributed by atoms with Gasteiger partial charge in [0.1, 0.15) is 18.2 Å². The van der Waals surface area contributed by atoms with Crippen LogP contribution in [0.3, 0.4) is 0 Å². The molecule has 7 nitrogen and oxygen atoms in total. The highest BCUT2D eigenvalue weighted by Gasteiger charge is 2.33. The number of aromatic nitrogens is 2. The third-order valence-corrected chi connectivity index (χ3v) is 7.70. The summed E-state index contributed by atoms with van der Waals surface area (Å²) in [6.45, 7) is 3.15. The predicted octanol–water partition coefficient (Wildman–Crippen LogP) is 4.33. The van der Waals surface area contributed by atoms with Crippen LogP contribution in [-0.2, 0) is 15.6 Å². The molecule has 1 unspecified atom stereocenters. The predicted molar refractivity (Wildman–Crippen MR) is 134 cm³/mol. The van der Waals surface area contributed by atoms with Gasteiger partial charge in [0, 0.05) is 17.6 Å². The number of aryl methyl sites for hydroxylation is 1. The maximum Gasteiger partial charge on any atom is 0.171 e. The van der Waals surface area contributed by atoms with Gasteiger partial charge in [-0.1, -0.05) is 11.2 Å². The summed E-state index contributed by atoms with van der Waals surface area (Å²) in [5, 5.41) is 4.36. The summed E-state index contributed by atoms with van der Waals surface area (Å²) in [7, 11) is 0.396. The highest BCUT2D eigenvalue weighted by Crippen LogP contribution is 2.30. The lowest BCUT2D eigenvalue weighted by Gasteiger charge is -2.39. The van der Waals surface area contributed by atoms with Crippen molar-refractivity contribution < 1.29 is 18.2 Å². The van der Waals surface area contributed by atoms with Gasteiger partial charge >= 0.3 is 0 Å². The summed E-state index contributed by atoms with van der Waals surface area (Å²) >= 11 is 0. The van der Waals surface area contributed by atoms with Crippen LogP contribution in [0.15, 0.2) is 70.6 Å². The highest BCUT2D eigenvalue weighted by atomic mass is 32.2. The molecule has 0 bridgehead atoms. The standard InChI is InChI=1S/C26H27FN4O3S/c1-18-14-30(17-28-18)24-10-5-19(13-25(24)33-2)12-20-4-3-11-31-22(15-34-29-26(20)31)16-35(32)23-8-6-21(27)7-9-23/h5-10,12-14,17,22H,3-4,11,15-16H2,1-2H3/t22-,35?/m1/s1. The molecule has 0 radical (unpaired) electrons. The molecule has 1 saturated heterocycles. The second-order valence-electron chi connectivity index (χ2n) is 8.65. The van der Waals surface area contributed by atoms with Crippen molar-refractivity contribution in [1.82, 2.24) is 14.5 Å². The van der Waals surface area contributed by atoms with Crippen LogP contribution in [0.4, 0.5) is 4.39 Å². The highest BCUT2D eigenvalue weighted by molar-refractivity contribution is 7.85. The maximum atomic E-state index is 13.2. The van der Waals surface area contributed by atoms with E-state index in [1.807, 2.05) is 35.9 Å². The Morgan fingerprint density at radius 3 is 2.83 bits per heavy atom. The molecule has 1 aromatic heterocycles. The summed E-state index contributed by atoms with van der Waals surface area (Å²) in [6.07, 6.45) is 7.68. The Bertz CT molecular complexity index is 1300. The van der Waals surface area contributed by atoms with Crippen molar-refractivity contribution in [3.8, 4) is 11.4 Å². The van der Waals surface area contributed by atoms with Crippen LogP contribution in [0.1, 0.15) is 24.1 Å². The van der Waals surface area contributed by atoms with Crippen LogP contribution in [0.25, 0.3) is 11.8 Å². The SMILES string of the molecule is COc1cc(C=C2CCCN3C2=NOC[C@@H]3CS(=O)c2ccc(F)cc2)ccc1-n1cnc(C)c1. The topological polar surface area (TPSA) is 69.0 Å². The number of piperidine rings is 1. The van der Waals surface area contributed by atoms with Crippen molar-refractivity contribution in [1.29, 1.82) is 0 Å². The average Bonchev–Trinajstić information content (AvgIpc) is 3.31. The van der Waals surface area contributed by atoms with E-state index in [4.69, 9.17) is 9.57 Å². The Balaban J connectivity index is 1.37. The second kappa shape index (κ2) is 10.0. The Hall–Kier alpha value is -3.46. The molecule has 0 saturated carbocycles. The number of amidine groups is 1. The molecule has 35 heavy (non-hydrogen) atoms. The van der Waals surface area contributed by atoms with Crippen LogP contribution in [0.2, 0.25) is 0 Å². The number of hydrogen-bond acceptors (Lipinski definition) is 6. The van der Waals surface area contributed by atoms with E-state index >= 15 is 0 Å². The van der Waals surface area contributed by atoms with Gasteiger partial charge in [0.15, 0.2) is 5.84 Å². The lowest BCUT2D eigenvalue weighted by Crippen LogP contribution is -2.51. The zero-order valence-corrected chi connectivity index (χ0v) is 20.5. The number of hydrogen-bond donors (Lipinski definition) is 0. The summed E-state index contributed by atoms with van der Waals surface area (Å²) in [5.74, 6) is 1.60. The summed E-state index contributed by atoms with van der Waals surface area (Å²) in [5.41, 5.74) is 3.92. The van der Waals surface area contributed by atoms with Gasteiger partial charge in [-0.05, 0) is 73.4 Å². The Kier molecular flexibility index (Phi) is 6.68. The molecule has 3 aromatic rings. The van der Waals surface area contributed by atoms with Gasteiger partial charge in [0.05, 0.1) is 47.4 Å². The molecule has 0 spiro atoms. The molecule has 0 amide bonds. The molecule has 0 aliphatic carbocycles. The quantitative estimate of drug-likeness (QED) is 0.510. The largest absolute Gasteiger partial charge is 0.495 e. The lowest BCUT2D eigenvalue weighted by molar-refractivity contribution is 0.0662. The molecule has 9 heteroatoms. The van der Waals surface area contributed by atoms with E-state index in [0.717, 1.165) is 53.5 Å². The monoisotopic (exact) mass is 494 g/mol. The van der Waals surface area contributed by atoms with Crippen molar-refractivity contribution in [3.63, 3.8) is 0 Å². The van der Waals surface area contributed by atoms with E-state index in [-0.39, 0.29) is 11.9 Å². The molecule has 2 aliphatic rings. The molecule has 1 fully saturated rings. The van der Waals surface area contributed by atoms with Crippen molar-refractivity contribution in [2.45, 2.75) is 30.7 Å². The third kappa shape index (κ3) is 5.00. The number of fused-ring (bicyclic) bond motifs is 1. The van der Waals surface area contributed by atoms with Crippen molar-refractivity contribution >= 4 is 22.7 Å². The first-order chi connectivity index (χ1) is 17.0. The molecule has 182 valence electrons. The fourth-order valence-electron chi connectivity index (χ4n) is 4.47. The summed E-state index contributed by atoms with van der Waals surface area (Å²) in [4.78, 5) is 12.7. The second-order valence-corrected chi connectivity index (χ2v) is 10.1. The normalized spacial score (nSPS) is 19.6. The number of oxime groups is 1. The molecular formula is C26H27FN4O3S. The Morgan fingerprint density at radius 1 is 1.26 bits per heavy atom. The van der Waals surface area contributed by atoms with Gasteiger partial charge in [-0.15, -0.1) is 0 Å². The van der Waals surface area contributed by atoms with Gasteiger partial charge in [0.2, 0.25) is 0 Å². The number of nitrogens with zero attached hydrogens (tertiary/aromatic N) is 4. The van der Waals surface area contributed by atoms with Crippen molar-refractivity contribution in [3.05, 3.63) is 77.6 Å². The number of imidazole rings is 1. The lowest BCUT2D eigenvalue weighted by atomic mass is 9.98. The van der Waals surface area contributed by atoms with E-state index in [1.54, 1.807) is 25.6 Å². The van der Waals surface area contributed by atoms with Crippen LogP contribution in [0, 0.1) is 12.7 Å². The number of methoxy groups -OCH3 is 1. The summed E-state index contributed by atoms with van der Waals surface area (Å²) < 4.78 is 33.8. The molecule has 3 heterocycles. The van der Waals surface area contributed by atoms with Crippen LogP contribution in [0.5, 0.6) is 5.75 Å². The van der Waals surface area contributed by atoms with Crippen molar-refractivity contribution in [2.24, 2.45) is 5.16 Å². The first kappa shape index (κ1) is 23.3. The number of rotatable bonds is 6. The van der Waals surface area contributed by atoms with Crippen molar-refractivity contribution in [2.75, 3.05) is 26.0 Å². The third-order valence-electron chi connectivity index (χ3n) is 6.22. The van der Waals surface area contributed by atoms with E-state index in [2.05, 4.69) is 21.1 Å². The number of ether oxygens (including phenoxy) is 1. The number of benzene rings is 2. The Morgan fingerprint density at radius 2 is 2.09 bits per heavy atom. The minimum atomic E-state index is -1.26. The molecule has 0 N–H and O–H groups in total. The molecule has 2 aromatic carbocycles. The Labute approximate surface area is 206 Å². The molecule has 2 atom stereocenters. The minimum absolute atomic E-state index is 0.0709. The first-order valence-corrected chi connectivity index (χ1v) is 12.8. The zero-order chi connectivity index (χ0) is 24.4.